The average Bonchev–Trinajstić information content (AvgIpc) is 2.80. The van der Waals surface area contributed by atoms with Crippen molar-refractivity contribution in [1.82, 2.24) is 4.31 Å². The Labute approximate surface area is 196 Å². The summed E-state index contributed by atoms with van der Waals surface area (Å²) in [7, 11) is -1.11. The smallest absolute Gasteiger partial charge is 0.341 e. The van der Waals surface area contributed by atoms with Crippen LogP contribution in [0.25, 0.3) is 0 Å². The second-order valence-corrected chi connectivity index (χ2v) is 9.88. The van der Waals surface area contributed by atoms with Crippen LogP contribution in [0, 0.1) is 11.6 Å². The third kappa shape index (κ3) is 5.69. The van der Waals surface area contributed by atoms with Crippen molar-refractivity contribution in [3.63, 3.8) is 0 Å². The molecule has 0 unspecified atom stereocenters. The van der Waals surface area contributed by atoms with Gasteiger partial charge in [-0.05, 0) is 37.3 Å². The first-order chi connectivity index (χ1) is 16.0. The van der Waals surface area contributed by atoms with Gasteiger partial charge in [-0.15, -0.1) is 0 Å². The number of nitrogens with zero attached hydrogens (tertiary/aromatic N) is 2. The molecule has 1 aliphatic heterocycles. The summed E-state index contributed by atoms with van der Waals surface area (Å²) in [5.74, 6) is -3.57. The van der Waals surface area contributed by atoms with Crippen LogP contribution in [0.4, 0.5) is 20.2 Å². The van der Waals surface area contributed by atoms with E-state index in [9.17, 15) is 26.8 Å². The van der Waals surface area contributed by atoms with Crippen LogP contribution in [0.2, 0.25) is 0 Å². The number of halogens is 2. The molecule has 0 saturated carbocycles. The molecule has 1 N–H and O–H groups in total. The van der Waals surface area contributed by atoms with Gasteiger partial charge in [0, 0.05) is 33.3 Å². The number of carbonyl (C=O) groups excluding carboxylic acids is 2. The molecule has 1 amide bonds. The summed E-state index contributed by atoms with van der Waals surface area (Å²) in [6.07, 6.45) is -1.36. The van der Waals surface area contributed by atoms with Crippen LogP contribution in [0.3, 0.4) is 0 Å². The van der Waals surface area contributed by atoms with E-state index in [4.69, 9.17) is 9.47 Å². The van der Waals surface area contributed by atoms with Crippen molar-refractivity contribution in [3.8, 4) is 0 Å². The number of esters is 1. The van der Waals surface area contributed by atoms with Crippen LogP contribution in [0.5, 0.6) is 0 Å². The van der Waals surface area contributed by atoms with Gasteiger partial charge in [0.25, 0.3) is 5.91 Å². The number of rotatable bonds is 7. The Morgan fingerprint density at radius 2 is 1.79 bits per heavy atom. The molecule has 184 valence electrons. The number of anilines is 2. The summed E-state index contributed by atoms with van der Waals surface area (Å²) >= 11 is 0. The molecule has 9 nitrogen and oxygen atoms in total. The minimum Gasteiger partial charge on any atom is -0.449 e. The Balaban J connectivity index is 1.86. The highest BCUT2D eigenvalue weighted by Crippen LogP contribution is 2.27. The van der Waals surface area contributed by atoms with Crippen molar-refractivity contribution in [2.45, 2.75) is 17.9 Å². The fourth-order valence-electron chi connectivity index (χ4n) is 3.23. The SMILES string of the molecule is C[C@@H](OC(=O)c1cc(S(=O)(=O)N(C)C)ccc1N1CCOCC1)C(=O)Nc1ccc(F)cc1F. The summed E-state index contributed by atoms with van der Waals surface area (Å²) in [6.45, 7) is 3.08. The Bertz CT molecular complexity index is 1180. The summed E-state index contributed by atoms with van der Waals surface area (Å²) in [5, 5.41) is 2.24. The third-order valence-electron chi connectivity index (χ3n) is 5.16. The van der Waals surface area contributed by atoms with Crippen molar-refractivity contribution in [2.75, 3.05) is 50.6 Å². The third-order valence-corrected chi connectivity index (χ3v) is 6.97. The molecule has 12 heteroatoms. The van der Waals surface area contributed by atoms with E-state index in [1.165, 1.54) is 39.2 Å². The quantitative estimate of drug-likeness (QED) is 0.585. The van der Waals surface area contributed by atoms with E-state index in [2.05, 4.69) is 5.32 Å². The first-order valence-corrected chi connectivity index (χ1v) is 11.8. The fraction of sp³-hybridized carbons (Fsp3) is 0.364. The molecule has 1 aliphatic rings. The number of sulfonamides is 1. The highest BCUT2D eigenvalue weighted by Gasteiger charge is 2.27. The lowest BCUT2D eigenvalue weighted by Gasteiger charge is -2.30. The van der Waals surface area contributed by atoms with E-state index in [-0.39, 0.29) is 16.1 Å². The summed E-state index contributed by atoms with van der Waals surface area (Å²) < 4.78 is 63.7. The van der Waals surface area contributed by atoms with Crippen molar-refractivity contribution >= 4 is 33.3 Å². The summed E-state index contributed by atoms with van der Waals surface area (Å²) in [4.78, 5) is 27.2. The number of nitrogens with one attached hydrogen (secondary N) is 1. The van der Waals surface area contributed by atoms with E-state index in [1.54, 1.807) is 0 Å². The number of benzene rings is 2. The second-order valence-electron chi connectivity index (χ2n) is 7.73. The predicted octanol–water partition coefficient (Wildman–Crippen LogP) is 2.24. The predicted molar refractivity (Wildman–Crippen MR) is 120 cm³/mol. The van der Waals surface area contributed by atoms with Crippen LogP contribution < -0.4 is 10.2 Å². The maximum Gasteiger partial charge on any atom is 0.341 e. The van der Waals surface area contributed by atoms with Crippen molar-refractivity contribution in [2.24, 2.45) is 0 Å². The minimum atomic E-state index is -3.84. The number of ether oxygens (including phenoxy) is 2. The van der Waals surface area contributed by atoms with Crippen LogP contribution >= 0.6 is 0 Å². The first-order valence-electron chi connectivity index (χ1n) is 10.4. The van der Waals surface area contributed by atoms with Gasteiger partial charge in [-0.3, -0.25) is 4.79 Å². The van der Waals surface area contributed by atoms with Crippen LogP contribution in [-0.4, -0.2) is 71.1 Å². The monoisotopic (exact) mass is 497 g/mol. The van der Waals surface area contributed by atoms with Crippen molar-refractivity contribution in [3.05, 3.63) is 53.6 Å². The lowest BCUT2D eigenvalue weighted by molar-refractivity contribution is -0.123. The Morgan fingerprint density at radius 3 is 2.41 bits per heavy atom. The van der Waals surface area contributed by atoms with Crippen LogP contribution in [0.15, 0.2) is 41.3 Å². The number of morpholine rings is 1. The largest absolute Gasteiger partial charge is 0.449 e. The minimum absolute atomic E-state index is 0.0440. The zero-order chi connectivity index (χ0) is 25.0. The molecule has 34 heavy (non-hydrogen) atoms. The fourth-order valence-corrected chi connectivity index (χ4v) is 4.16. The molecule has 3 rings (SSSR count). The van der Waals surface area contributed by atoms with E-state index < -0.39 is 39.6 Å². The summed E-state index contributed by atoms with van der Waals surface area (Å²) in [5.41, 5.74) is 0.114. The molecule has 0 aliphatic carbocycles. The lowest BCUT2D eigenvalue weighted by Crippen LogP contribution is -2.37. The standard InChI is InChI=1S/C22H25F2N3O6S/c1-14(21(28)25-19-6-4-15(23)12-18(19)24)33-22(29)17-13-16(34(30,31)26(2)3)5-7-20(17)27-8-10-32-11-9-27/h4-7,12-14H,8-11H2,1-3H3,(H,25,28)/t14-/m1/s1. The average molecular weight is 498 g/mol. The van der Waals surface area contributed by atoms with Gasteiger partial charge in [0.1, 0.15) is 11.6 Å². The Morgan fingerprint density at radius 1 is 1.12 bits per heavy atom. The van der Waals surface area contributed by atoms with Gasteiger partial charge in [-0.2, -0.15) is 0 Å². The normalized spacial score (nSPS) is 15.2. The zero-order valence-corrected chi connectivity index (χ0v) is 19.7. The molecular weight excluding hydrogens is 472 g/mol. The Kier molecular flexibility index (Phi) is 7.85. The van der Waals surface area contributed by atoms with Gasteiger partial charge in [-0.1, -0.05) is 0 Å². The van der Waals surface area contributed by atoms with Gasteiger partial charge < -0.3 is 19.7 Å². The van der Waals surface area contributed by atoms with E-state index in [0.29, 0.717) is 38.1 Å². The number of hydrogen-bond acceptors (Lipinski definition) is 7. The molecule has 2 aromatic rings. The van der Waals surface area contributed by atoms with Crippen molar-refractivity contribution < 1.29 is 36.3 Å². The molecular formula is C22H25F2N3O6S. The molecule has 1 heterocycles. The molecule has 0 aromatic heterocycles. The molecule has 2 aromatic carbocycles. The van der Waals surface area contributed by atoms with Crippen molar-refractivity contribution in [1.29, 1.82) is 0 Å². The topological polar surface area (TPSA) is 105 Å². The number of carbonyl (C=O) groups is 2. The first kappa shape index (κ1) is 25.5. The molecule has 1 atom stereocenters. The maximum absolute atomic E-state index is 13.8. The molecule has 1 fully saturated rings. The van der Waals surface area contributed by atoms with E-state index in [1.807, 2.05) is 4.90 Å². The number of amides is 1. The van der Waals surface area contributed by atoms with E-state index >= 15 is 0 Å². The van der Waals surface area contributed by atoms with Crippen LogP contribution in [0.1, 0.15) is 17.3 Å². The highest BCUT2D eigenvalue weighted by molar-refractivity contribution is 7.89. The zero-order valence-electron chi connectivity index (χ0n) is 18.9. The highest BCUT2D eigenvalue weighted by atomic mass is 32.2. The molecule has 1 saturated heterocycles. The van der Waals surface area contributed by atoms with Gasteiger partial charge in [-0.25, -0.2) is 26.3 Å². The maximum atomic E-state index is 13.8. The Hall–Kier alpha value is -3.09. The van der Waals surface area contributed by atoms with E-state index in [0.717, 1.165) is 16.4 Å². The van der Waals surface area contributed by atoms with Gasteiger partial charge in [0.2, 0.25) is 10.0 Å². The number of hydrogen-bond donors (Lipinski definition) is 1. The lowest BCUT2D eigenvalue weighted by atomic mass is 10.1. The summed E-state index contributed by atoms with van der Waals surface area (Å²) in [6, 6.07) is 6.73. The van der Waals surface area contributed by atoms with Gasteiger partial charge >= 0.3 is 5.97 Å². The molecule has 0 radical (unpaired) electrons. The molecule has 0 spiro atoms. The van der Waals surface area contributed by atoms with Crippen LogP contribution in [-0.2, 0) is 24.3 Å². The van der Waals surface area contributed by atoms with Gasteiger partial charge in [0.15, 0.2) is 6.10 Å². The molecule has 0 bridgehead atoms. The van der Waals surface area contributed by atoms with Gasteiger partial charge in [0.05, 0.1) is 35.0 Å². The second kappa shape index (κ2) is 10.5.